The lowest BCUT2D eigenvalue weighted by atomic mass is 10.1. The summed E-state index contributed by atoms with van der Waals surface area (Å²) in [5.41, 5.74) is -0.550. The Hall–Kier alpha value is -1.92. The standard InChI is InChI=1S/C17H21FN2O2S/c1-12(10-13-6-3-4-7-14(13)18)20-16(21)19-11-17(2,22)15-8-5-9-23-15/h3-9,12,22H,10-11H2,1-2H3,(H2,19,20,21). The highest BCUT2D eigenvalue weighted by Crippen LogP contribution is 2.24. The molecule has 124 valence electrons. The summed E-state index contributed by atoms with van der Waals surface area (Å²) in [6.45, 7) is 3.57. The van der Waals surface area contributed by atoms with Gasteiger partial charge in [0.05, 0.1) is 6.54 Å². The fourth-order valence-electron chi connectivity index (χ4n) is 2.24. The fraction of sp³-hybridized carbons (Fsp3) is 0.353. The zero-order chi connectivity index (χ0) is 16.9. The summed E-state index contributed by atoms with van der Waals surface area (Å²) in [7, 11) is 0. The molecule has 2 atom stereocenters. The van der Waals surface area contributed by atoms with Crippen molar-refractivity contribution in [2.75, 3.05) is 6.54 Å². The summed E-state index contributed by atoms with van der Waals surface area (Å²) in [5.74, 6) is -0.276. The first-order valence-electron chi connectivity index (χ1n) is 7.42. The Morgan fingerprint density at radius 2 is 2.09 bits per heavy atom. The van der Waals surface area contributed by atoms with Crippen molar-refractivity contribution in [3.8, 4) is 0 Å². The molecule has 2 unspecified atom stereocenters. The van der Waals surface area contributed by atoms with E-state index in [1.54, 1.807) is 25.1 Å². The van der Waals surface area contributed by atoms with Crippen molar-refractivity contribution < 1.29 is 14.3 Å². The molecule has 1 aromatic carbocycles. The van der Waals surface area contributed by atoms with E-state index in [-0.39, 0.29) is 24.4 Å². The molecule has 0 aliphatic heterocycles. The maximum absolute atomic E-state index is 13.6. The van der Waals surface area contributed by atoms with Gasteiger partial charge in [-0.3, -0.25) is 0 Å². The SMILES string of the molecule is CC(Cc1ccccc1F)NC(=O)NCC(C)(O)c1cccs1. The summed E-state index contributed by atoms with van der Waals surface area (Å²) in [5, 5.41) is 17.6. The van der Waals surface area contributed by atoms with Gasteiger partial charge in [-0.1, -0.05) is 24.3 Å². The van der Waals surface area contributed by atoms with Crippen molar-refractivity contribution in [2.24, 2.45) is 0 Å². The first kappa shape index (κ1) is 17.4. The molecule has 2 aromatic rings. The molecular formula is C17H21FN2O2S. The van der Waals surface area contributed by atoms with E-state index in [2.05, 4.69) is 10.6 Å². The average Bonchev–Trinajstić information content (AvgIpc) is 3.03. The van der Waals surface area contributed by atoms with E-state index in [9.17, 15) is 14.3 Å². The van der Waals surface area contributed by atoms with Gasteiger partial charge in [0.1, 0.15) is 11.4 Å². The molecule has 0 aliphatic rings. The van der Waals surface area contributed by atoms with Crippen LogP contribution in [-0.4, -0.2) is 23.7 Å². The molecule has 2 rings (SSSR count). The van der Waals surface area contributed by atoms with E-state index >= 15 is 0 Å². The van der Waals surface area contributed by atoms with Gasteiger partial charge in [-0.2, -0.15) is 0 Å². The van der Waals surface area contributed by atoms with Gasteiger partial charge in [0.15, 0.2) is 0 Å². The molecular weight excluding hydrogens is 315 g/mol. The minimum absolute atomic E-state index is 0.103. The van der Waals surface area contributed by atoms with Crippen LogP contribution in [0.15, 0.2) is 41.8 Å². The number of carbonyl (C=O) groups is 1. The summed E-state index contributed by atoms with van der Waals surface area (Å²) < 4.78 is 13.6. The molecule has 0 spiro atoms. The van der Waals surface area contributed by atoms with Gasteiger partial charge in [-0.15, -0.1) is 11.3 Å². The second-order valence-electron chi connectivity index (χ2n) is 5.77. The summed E-state index contributed by atoms with van der Waals surface area (Å²) in [4.78, 5) is 12.7. The monoisotopic (exact) mass is 336 g/mol. The van der Waals surface area contributed by atoms with Crippen LogP contribution in [-0.2, 0) is 12.0 Å². The van der Waals surface area contributed by atoms with Crippen LogP contribution < -0.4 is 10.6 Å². The predicted molar refractivity (Wildman–Crippen MR) is 90.0 cm³/mol. The van der Waals surface area contributed by atoms with Gasteiger partial charge in [-0.25, -0.2) is 9.18 Å². The van der Waals surface area contributed by atoms with E-state index in [4.69, 9.17) is 0 Å². The van der Waals surface area contributed by atoms with Gasteiger partial charge in [0.2, 0.25) is 0 Å². The third kappa shape index (κ3) is 5.04. The van der Waals surface area contributed by atoms with Crippen molar-refractivity contribution in [1.82, 2.24) is 10.6 Å². The molecule has 0 aliphatic carbocycles. The summed E-state index contributed by atoms with van der Waals surface area (Å²) in [6.07, 6.45) is 0.404. The minimum atomic E-state index is -1.11. The van der Waals surface area contributed by atoms with Crippen LogP contribution in [0.25, 0.3) is 0 Å². The third-order valence-electron chi connectivity index (χ3n) is 3.51. The number of amides is 2. The average molecular weight is 336 g/mol. The molecule has 0 bridgehead atoms. The van der Waals surface area contributed by atoms with Crippen LogP contribution in [0.4, 0.5) is 9.18 Å². The first-order chi connectivity index (χ1) is 10.9. The maximum atomic E-state index is 13.6. The van der Waals surface area contributed by atoms with Crippen LogP contribution in [0.5, 0.6) is 0 Å². The molecule has 1 aromatic heterocycles. The molecule has 6 heteroatoms. The van der Waals surface area contributed by atoms with Crippen LogP contribution in [0, 0.1) is 5.82 Å². The number of urea groups is 1. The summed E-state index contributed by atoms with van der Waals surface area (Å²) in [6, 6.07) is 9.58. The lowest BCUT2D eigenvalue weighted by Crippen LogP contribution is -2.46. The molecule has 0 saturated heterocycles. The minimum Gasteiger partial charge on any atom is -0.383 e. The number of carbonyl (C=O) groups excluding carboxylic acids is 1. The number of aliphatic hydroxyl groups is 1. The predicted octanol–water partition coefficient (Wildman–Crippen LogP) is 3.03. The number of hydrogen-bond acceptors (Lipinski definition) is 3. The number of nitrogens with one attached hydrogen (secondary N) is 2. The second-order valence-corrected chi connectivity index (χ2v) is 6.72. The summed E-state index contributed by atoms with van der Waals surface area (Å²) >= 11 is 1.44. The number of benzene rings is 1. The first-order valence-corrected chi connectivity index (χ1v) is 8.30. The number of rotatable bonds is 6. The topological polar surface area (TPSA) is 61.4 Å². The van der Waals surface area contributed by atoms with Crippen LogP contribution in [0.1, 0.15) is 24.3 Å². The van der Waals surface area contributed by atoms with E-state index in [1.165, 1.54) is 17.4 Å². The molecule has 2 amide bonds. The quantitative estimate of drug-likeness (QED) is 0.759. The molecule has 0 saturated carbocycles. The Morgan fingerprint density at radius 1 is 1.35 bits per heavy atom. The highest BCUT2D eigenvalue weighted by Gasteiger charge is 2.25. The Morgan fingerprint density at radius 3 is 2.74 bits per heavy atom. The van der Waals surface area contributed by atoms with E-state index < -0.39 is 5.60 Å². The van der Waals surface area contributed by atoms with Crippen LogP contribution in [0.2, 0.25) is 0 Å². The largest absolute Gasteiger partial charge is 0.383 e. The number of hydrogen-bond donors (Lipinski definition) is 3. The zero-order valence-corrected chi connectivity index (χ0v) is 14.0. The highest BCUT2D eigenvalue weighted by molar-refractivity contribution is 7.10. The van der Waals surface area contributed by atoms with Crippen molar-refractivity contribution in [3.05, 3.63) is 58.0 Å². The zero-order valence-electron chi connectivity index (χ0n) is 13.2. The fourth-order valence-corrected chi connectivity index (χ4v) is 3.03. The van der Waals surface area contributed by atoms with Crippen molar-refractivity contribution >= 4 is 17.4 Å². The third-order valence-corrected chi connectivity index (χ3v) is 4.63. The van der Waals surface area contributed by atoms with Gasteiger partial charge in [-0.05, 0) is 43.3 Å². The number of halogens is 1. The van der Waals surface area contributed by atoms with Crippen molar-refractivity contribution in [3.63, 3.8) is 0 Å². The lowest BCUT2D eigenvalue weighted by Gasteiger charge is -2.23. The van der Waals surface area contributed by atoms with E-state index in [0.29, 0.717) is 12.0 Å². The smallest absolute Gasteiger partial charge is 0.315 e. The molecule has 0 radical (unpaired) electrons. The Labute approximate surface area is 139 Å². The Kier molecular flexibility index (Phi) is 5.74. The maximum Gasteiger partial charge on any atom is 0.315 e. The molecule has 1 heterocycles. The van der Waals surface area contributed by atoms with Crippen LogP contribution in [0.3, 0.4) is 0 Å². The molecule has 3 N–H and O–H groups in total. The van der Waals surface area contributed by atoms with Gasteiger partial charge < -0.3 is 15.7 Å². The Bertz CT molecular complexity index is 644. The normalized spacial score (nSPS) is 14.8. The number of thiophene rings is 1. The van der Waals surface area contributed by atoms with E-state index in [0.717, 1.165) is 4.88 Å². The van der Waals surface area contributed by atoms with Gasteiger partial charge in [0.25, 0.3) is 0 Å². The van der Waals surface area contributed by atoms with Crippen molar-refractivity contribution in [1.29, 1.82) is 0 Å². The van der Waals surface area contributed by atoms with E-state index in [1.807, 2.05) is 24.4 Å². The van der Waals surface area contributed by atoms with Gasteiger partial charge >= 0.3 is 6.03 Å². The van der Waals surface area contributed by atoms with Crippen molar-refractivity contribution in [2.45, 2.75) is 31.9 Å². The lowest BCUT2D eigenvalue weighted by molar-refractivity contribution is 0.0630. The van der Waals surface area contributed by atoms with Gasteiger partial charge in [0, 0.05) is 10.9 Å². The molecule has 0 fully saturated rings. The highest BCUT2D eigenvalue weighted by atomic mass is 32.1. The molecule has 4 nitrogen and oxygen atoms in total. The Balaban J connectivity index is 1.81. The molecule has 23 heavy (non-hydrogen) atoms. The van der Waals surface area contributed by atoms with Crippen LogP contribution >= 0.6 is 11.3 Å². The second kappa shape index (κ2) is 7.57.